The van der Waals surface area contributed by atoms with Crippen LogP contribution in [-0.2, 0) is 0 Å². The number of halogens is 1. The molecule has 0 aliphatic rings. The van der Waals surface area contributed by atoms with Crippen LogP contribution in [0.2, 0.25) is 0 Å². The van der Waals surface area contributed by atoms with E-state index in [1.54, 1.807) is 6.07 Å². The number of anilines is 1. The molecule has 0 saturated heterocycles. The van der Waals surface area contributed by atoms with Gasteiger partial charge in [0.2, 0.25) is 0 Å². The molecule has 16 heavy (non-hydrogen) atoms. The van der Waals surface area contributed by atoms with E-state index in [1.165, 1.54) is 12.1 Å². The SMILES string of the molecule is CC(C)CN(C)CCNc1cccc(F)c1. The second-order valence-corrected chi connectivity index (χ2v) is 4.59. The van der Waals surface area contributed by atoms with Gasteiger partial charge in [-0.25, -0.2) is 4.39 Å². The van der Waals surface area contributed by atoms with Gasteiger partial charge in [-0.2, -0.15) is 0 Å². The van der Waals surface area contributed by atoms with Crippen molar-refractivity contribution < 1.29 is 4.39 Å². The van der Waals surface area contributed by atoms with E-state index in [-0.39, 0.29) is 5.82 Å². The lowest BCUT2D eigenvalue weighted by Gasteiger charge is -2.19. The maximum Gasteiger partial charge on any atom is 0.125 e. The van der Waals surface area contributed by atoms with Crippen LogP contribution in [0, 0.1) is 11.7 Å². The summed E-state index contributed by atoms with van der Waals surface area (Å²) in [5.41, 5.74) is 0.845. The van der Waals surface area contributed by atoms with Crippen LogP contribution in [0.3, 0.4) is 0 Å². The van der Waals surface area contributed by atoms with E-state index >= 15 is 0 Å². The largest absolute Gasteiger partial charge is 0.384 e. The van der Waals surface area contributed by atoms with Gasteiger partial charge in [-0.15, -0.1) is 0 Å². The Hall–Kier alpha value is -1.09. The molecule has 0 aliphatic heterocycles. The fourth-order valence-corrected chi connectivity index (χ4v) is 1.70. The van der Waals surface area contributed by atoms with E-state index in [0.29, 0.717) is 5.92 Å². The topological polar surface area (TPSA) is 15.3 Å². The lowest BCUT2D eigenvalue weighted by molar-refractivity contribution is 0.306. The molecule has 0 heterocycles. The number of hydrogen-bond donors (Lipinski definition) is 1. The normalized spacial score (nSPS) is 11.1. The molecular weight excluding hydrogens is 203 g/mol. The zero-order chi connectivity index (χ0) is 12.0. The van der Waals surface area contributed by atoms with Gasteiger partial charge in [0, 0.05) is 25.3 Å². The molecule has 0 aliphatic carbocycles. The van der Waals surface area contributed by atoms with Crippen LogP contribution in [0.5, 0.6) is 0 Å². The van der Waals surface area contributed by atoms with Gasteiger partial charge < -0.3 is 10.2 Å². The summed E-state index contributed by atoms with van der Waals surface area (Å²) in [7, 11) is 2.10. The fourth-order valence-electron chi connectivity index (χ4n) is 1.70. The summed E-state index contributed by atoms with van der Waals surface area (Å²) < 4.78 is 12.9. The Kier molecular flexibility index (Phi) is 5.26. The van der Waals surface area contributed by atoms with Crippen LogP contribution in [0.4, 0.5) is 10.1 Å². The van der Waals surface area contributed by atoms with E-state index in [2.05, 4.69) is 31.1 Å². The Morgan fingerprint density at radius 3 is 2.75 bits per heavy atom. The molecular formula is C13H21FN2. The third-order valence-corrected chi connectivity index (χ3v) is 2.32. The summed E-state index contributed by atoms with van der Waals surface area (Å²) in [6.07, 6.45) is 0. The average Bonchev–Trinajstić information content (AvgIpc) is 2.16. The summed E-state index contributed by atoms with van der Waals surface area (Å²) in [6, 6.07) is 6.57. The Morgan fingerprint density at radius 1 is 1.38 bits per heavy atom. The minimum atomic E-state index is -0.194. The second-order valence-electron chi connectivity index (χ2n) is 4.59. The molecule has 3 heteroatoms. The number of likely N-dealkylation sites (N-methyl/N-ethyl adjacent to an activating group) is 1. The predicted molar refractivity (Wildman–Crippen MR) is 67.2 cm³/mol. The van der Waals surface area contributed by atoms with Crippen molar-refractivity contribution >= 4 is 5.69 Å². The Morgan fingerprint density at radius 2 is 2.12 bits per heavy atom. The lowest BCUT2D eigenvalue weighted by Crippen LogP contribution is -2.28. The van der Waals surface area contributed by atoms with Gasteiger partial charge in [-0.05, 0) is 31.2 Å². The predicted octanol–water partition coefficient (Wildman–Crippen LogP) is 2.83. The molecule has 1 rings (SSSR count). The highest BCUT2D eigenvalue weighted by atomic mass is 19.1. The molecule has 0 bridgehead atoms. The van der Waals surface area contributed by atoms with Gasteiger partial charge in [-0.1, -0.05) is 19.9 Å². The Bertz CT molecular complexity index is 313. The molecule has 90 valence electrons. The van der Waals surface area contributed by atoms with Crippen LogP contribution < -0.4 is 5.32 Å². The number of hydrogen-bond acceptors (Lipinski definition) is 2. The number of rotatable bonds is 6. The molecule has 0 spiro atoms. The first-order chi connectivity index (χ1) is 7.58. The maximum atomic E-state index is 12.9. The van der Waals surface area contributed by atoms with Crippen molar-refractivity contribution in [2.45, 2.75) is 13.8 Å². The van der Waals surface area contributed by atoms with Crippen molar-refractivity contribution in [3.8, 4) is 0 Å². The van der Waals surface area contributed by atoms with Gasteiger partial charge in [0.15, 0.2) is 0 Å². The van der Waals surface area contributed by atoms with Crippen LogP contribution in [0.15, 0.2) is 24.3 Å². The third-order valence-electron chi connectivity index (χ3n) is 2.32. The van der Waals surface area contributed by atoms with Gasteiger partial charge in [0.05, 0.1) is 0 Å². The third kappa shape index (κ3) is 5.12. The van der Waals surface area contributed by atoms with E-state index < -0.39 is 0 Å². The molecule has 0 aromatic heterocycles. The van der Waals surface area contributed by atoms with Crippen molar-refractivity contribution in [2.75, 3.05) is 32.0 Å². The zero-order valence-electron chi connectivity index (χ0n) is 10.3. The molecule has 0 unspecified atom stereocenters. The standard InChI is InChI=1S/C13H21FN2/c1-11(2)10-16(3)8-7-15-13-6-4-5-12(14)9-13/h4-6,9,11,15H,7-8,10H2,1-3H3. The van der Waals surface area contributed by atoms with E-state index in [9.17, 15) is 4.39 Å². The lowest BCUT2D eigenvalue weighted by atomic mass is 10.2. The fraction of sp³-hybridized carbons (Fsp3) is 0.538. The van der Waals surface area contributed by atoms with Crippen LogP contribution in [0.1, 0.15) is 13.8 Å². The summed E-state index contributed by atoms with van der Waals surface area (Å²) in [5.74, 6) is 0.486. The summed E-state index contributed by atoms with van der Waals surface area (Å²) in [5, 5.41) is 3.21. The maximum absolute atomic E-state index is 12.9. The summed E-state index contributed by atoms with van der Waals surface area (Å²) in [6.45, 7) is 7.30. The molecule has 2 nitrogen and oxygen atoms in total. The molecule has 1 aromatic rings. The molecule has 0 saturated carbocycles. The van der Waals surface area contributed by atoms with Crippen LogP contribution >= 0.6 is 0 Å². The monoisotopic (exact) mass is 224 g/mol. The van der Waals surface area contributed by atoms with Gasteiger partial charge >= 0.3 is 0 Å². The first kappa shape index (κ1) is 13.0. The Balaban J connectivity index is 2.25. The number of benzene rings is 1. The van der Waals surface area contributed by atoms with Gasteiger partial charge in [0.1, 0.15) is 5.82 Å². The van der Waals surface area contributed by atoms with Crippen molar-refractivity contribution in [2.24, 2.45) is 5.92 Å². The van der Waals surface area contributed by atoms with Gasteiger partial charge in [-0.3, -0.25) is 0 Å². The molecule has 1 N–H and O–H groups in total. The van der Waals surface area contributed by atoms with E-state index in [0.717, 1.165) is 25.3 Å². The second kappa shape index (κ2) is 6.48. The first-order valence-corrected chi connectivity index (χ1v) is 5.76. The zero-order valence-corrected chi connectivity index (χ0v) is 10.3. The van der Waals surface area contributed by atoms with E-state index in [1.807, 2.05) is 6.07 Å². The van der Waals surface area contributed by atoms with Crippen LogP contribution in [0.25, 0.3) is 0 Å². The minimum Gasteiger partial charge on any atom is -0.384 e. The first-order valence-electron chi connectivity index (χ1n) is 5.76. The van der Waals surface area contributed by atoms with Crippen molar-refractivity contribution in [3.05, 3.63) is 30.1 Å². The summed E-state index contributed by atoms with van der Waals surface area (Å²) in [4.78, 5) is 2.27. The van der Waals surface area contributed by atoms with Crippen LogP contribution in [-0.4, -0.2) is 31.6 Å². The molecule has 1 aromatic carbocycles. The smallest absolute Gasteiger partial charge is 0.125 e. The molecule has 0 radical (unpaired) electrons. The molecule has 0 amide bonds. The highest BCUT2D eigenvalue weighted by molar-refractivity contribution is 5.42. The number of nitrogens with zero attached hydrogens (tertiary/aromatic N) is 1. The molecule has 0 atom stereocenters. The Labute approximate surface area is 97.5 Å². The van der Waals surface area contributed by atoms with Crippen molar-refractivity contribution in [3.63, 3.8) is 0 Å². The number of nitrogens with one attached hydrogen (secondary N) is 1. The quantitative estimate of drug-likeness (QED) is 0.799. The minimum absolute atomic E-state index is 0.194. The van der Waals surface area contributed by atoms with Crippen molar-refractivity contribution in [1.82, 2.24) is 4.90 Å². The van der Waals surface area contributed by atoms with Gasteiger partial charge in [0.25, 0.3) is 0 Å². The summed E-state index contributed by atoms with van der Waals surface area (Å²) >= 11 is 0. The average molecular weight is 224 g/mol. The van der Waals surface area contributed by atoms with E-state index in [4.69, 9.17) is 0 Å². The highest BCUT2D eigenvalue weighted by Crippen LogP contribution is 2.08. The molecule has 0 fully saturated rings. The van der Waals surface area contributed by atoms with Crippen molar-refractivity contribution in [1.29, 1.82) is 0 Å². The highest BCUT2D eigenvalue weighted by Gasteiger charge is 2.01.